The van der Waals surface area contributed by atoms with Crippen LogP contribution in [0.3, 0.4) is 0 Å². The number of hydrazone groups is 1. The summed E-state index contributed by atoms with van der Waals surface area (Å²) in [5.74, 6) is -0.351. The number of amidine groups is 2. The summed E-state index contributed by atoms with van der Waals surface area (Å²) in [4.78, 5) is 11.3. The first-order valence-corrected chi connectivity index (χ1v) is 5.65. The zero-order valence-electron chi connectivity index (χ0n) is 11.0. The van der Waals surface area contributed by atoms with Crippen LogP contribution in [-0.4, -0.2) is 23.3 Å². The van der Waals surface area contributed by atoms with Gasteiger partial charge in [-0.15, -0.1) is 0 Å². The Labute approximate surface area is 115 Å². The second-order valence-corrected chi connectivity index (χ2v) is 4.08. The van der Waals surface area contributed by atoms with E-state index < -0.39 is 11.8 Å². The first-order valence-electron chi connectivity index (χ1n) is 5.65. The van der Waals surface area contributed by atoms with E-state index in [4.69, 9.17) is 0 Å². The minimum absolute atomic E-state index is 0.0509. The minimum atomic E-state index is -0.572. The van der Waals surface area contributed by atoms with Crippen molar-refractivity contribution in [3.8, 4) is 0 Å². The quantitative estimate of drug-likeness (QED) is 0.607. The largest absolute Gasteiger partial charge is 0.857 e. The molecule has 0 fully saturated rings. The summed E-state index contributed by atoms with van der Waals surface area (Å²) < 4.78 is 0. The van der Waals surface area contributed by atoms with Gasteiger partial charge in [-0.25, -0.2) is 15.0 Å². The molecule has 2 rings (SSSR count). The van der Waals surface area contributed by atoms with E-state index in [0.717, 1.165) is 0 Å². The lowest BCUT2D eigenvalue weighted by atomic mass is 10.2. The van der Waals surface area contributed by atoms with E-state index in [-0.39, 0.29) is 17.1 Å². The van der Waals surface area contributed by atoms with Crippen molar-refractivity contribution >= 4 is 23.3 Å². The molecule has 0 amide bonds. The molecule has 104 valence electrons. The number of nitrogens with one attached hydrogen (secondary N) is 2. The van der Waals surface area contributed by atoms with Gasteiger partial charge in [0.1, 0.15) is 17.4 Å². The van der Waals surface area contributed by atoms with Gasteiger partial charge in [-0.1, -0.05) is 13.2 Å². The van der Waals surface area contributed by atoms with Crippen LogP contribution >= 0.6 is 0 Å². The van der Waals surface area contributed by atoms with E-state index >= 15 is 0 Å². The number of aliphatic imine (C=N–C) groups is 3. The topological polar surface area (TPSA) is 120 Å². The molecule has 0 unspecified atom stereocenters. The smallest absolute Gasteiger partial charge is 0.125 e. The van der Waals surface area contributed by atoms with Crippen molar-refractivity contribution in [2.45, 2.75) is 13.8 Å². The Balaban J connectivity index is 2.26. The monoisotopic (exact) mass is 272 g/mol. The Hall–Kier alpha value is -2.90. The molecule has 0 aromatic heterocycles. The molecule has 8 nitrogen and oxygen atoms in total. The van der Waals surface area contributed by atoms with Crippen LogP contribution in [0.25, 0.3) is 0 Å². The second kappa shape index (κ2) is 5.00. The molecular weight excluding hydrogens is 260 g/mol. The van der Waals surface area contributed by atoms with Crippen molar-refractivity contribution < 1.29 is 10.2 Å². The van der Waals surface area contributed by atoms with Crippen LogP contribution in [0.4, 0.5) is 0 Å². The molecular formula is C12H12N6O2-2. The highest BCUT2D eigenvalue weighted by molar-refractivity contribution is 6.46. The lowest BCUT2D eigenvalue weighted by molar-refractivity contribution is -0.306. The molecule has 0 aromatic carbocycles. The highest BCUT2D eigenvalue weighted by Gasteiger charge is 2.13. The van der Waals surface area contributed by atoms with Gasteiger partial charge in [0.15, 0.2) is 0 Å². The van der Waals surface area contributed by atoms with Gasteiger partial charge in [0.25, 0.3) is 0 Å². The van der Waals surface area contributed by atoms with Crippen LogP contribution in [0.5, 0.6) is 0 Å². The molecule has 0 bridgehead atoms. The molecule has 0 saturated heterocycles. The Morgan fingerprint density at radius 2 is 1.85 bits per heavy atom. The molecule has 0 spiro atoms. The third-order valence-corrected chi connectivity index (χ3v) is 2.43. The number of nitrogens with zero attached hydrogens (tertiary/aromatic N) is 4. The van der Waals surface area contributed by atoms with E-state index in [1.165, 1.54) is 0 Å². The fourth-order valence-electron chi connectivity index (χ4n) is 1.58. The molecule has 2 heterocycles. The normalized spacial score (nSPS) is 21.3. The first-order chi connectivity index (χ1) is 9.38. The van der Waals surface area contributed by atoms with E-state index in [1.807, 2.05) is 0 Å². The highest BCUT2D eigenvalue weighted by Crippen LogP contribution is 2.11. The van der Waals surface area contributed by atoms with Crippen molar-refractivity contribution in [2.75, 3.05) is 0 Å². The number of hydrogen-bond donors (Lipinski definition) is 2. The molecule has 2 aliphatic rings. The van der Waals surface area contributed by atoms with Crippen molar-refractivity contribution in [1.29, 1.82) is 0 Å². The van der Waals surface area contributed by atoms with Gasteiger partial charge in [0, 0.05) is 11.8 Å². The van der Waals surface area contributed by atoms with Crippen LogP contribution < -0.4 is 21.0 Å². The van der Waals surface area contributed by atoms with Gasteiger partial charge < -0.3 is 15.5 Å². The van der Waals surface area contributed by atoms with Crippen LogP contribution in [0.15, 0.2) is 56.2 Å². The predicted octanol–water partition coefficient (Wildman–Crippen LogP) is -1.30. The number of rotatable bonds is 2. The minimum Gasteiger partial charge on any atom is -0.857 e. The SMILES string of the molecule is C=C1N=C(C)N=C([O-])C1=NNC1=C([O-])N=C(C)NC1=C. The average Bonchev–Trinajstić information content (AvgIpc) is 2.30. The van der Waals surface area contributed by atoms with E-state index in [1.54, 1.807) is 13.8 Å². The van der Waals surface area contributed by atoms with Crippen molar-refractivity contribution in [1.82, 2.24) is 10.7 Å². The van der Waals surface area contributed by atoms with Gasteiger partial charge in [-0.2, -0.15) is 5.10 Å². The van der Waals surface area contributed by atoms with E-state index in [9.17, 15) is 10.2 Å². The third-order valence-electron chi connectivity index (χ3n) is 2.43. The lowest BCUT2D eigenvalue weighted by Gasteiger charge is -2.24. The fourth-order valence-corrected chi connectivity index (χ4v) is 1.58. The molecule has 2 N–H and O–H groups in total. The fraction of sp³-hybridized carbons (Fsp3) is 0.167. The lowest BCUT2D eigenvalue weighted by Crippen LogP contribution is -2.36. The van der Waals surface area contributed by atoms with Gasteiger partial charge in [0.2, 0.25) is 0 Å². The van der Waals surface area contributed by atoms with Crippen LogP contribution in [0, 0.1) is 0 Å². The Morgan fingerprint density at radius 1 is 1.15 bits per heavy atom. The maximum absolute atomic E-state index is 11.7. The molecule has 20 heavy (non-hydrogen) atoms. The summed E-state index contributed by atoms with van der Waals surface area (Å²) in [5.41, 5.74) is 2.95. The van der Waals surface area contributed by atoms with Crippen molar-refractivity contribution in [3.05, 3.63) is 36.1 Å². The predicted molar refractivity (Wildman–Crippen MR) is 72.7 cm³/mol. The Bertz CT molecular complexity index is 651. The van der Waals surface area contributed by atoms with Crippen LogP contribution in [0.1, 0.15) is 13.8 Å². The Morgan fingerprint density at radius 3 is 2.45 bits per heavy atom. The maximum atomic E-state index is 11.7. The molecule has 0 aliphatic carbocycles. The summed E-state index contributed by atoms with van der Waals surface area (Å²) in [6.07, 6.45) is 0. The average molecular weight is 272 g/mol. The van der Waals surface area contributed by atoms with Crippen LogP contribution in [-0.2, 0) is 0 Å². The molecule has 0 saturated carbocycles. The standard InChI is InChI=1S/C12H14N6O2/c1-5-9(11(19)15-7(3)13-5)17-18-10-6(2)14-8(4)16-12(10)20/h17,19H,1-2H2,3-4H3,(H,13,15)(H,14,16,20)/p-2. The molecule has 8 heteroatoms. The van der Waals surface area contributed by atoms with Crippen molar-refractivity contribution in [2.24, 2.45) is 20.1 Å². The van der Waals surface area contributed by atoms with Gasteiger partial charge in [0.05, 0.1) is 17.1 Å². The summed E-state index contributed by atoms with van der Waals surface area (Å²) in [6, 6.07) is 0. The summed E-state index contributed by atoms with van der Waals surface area (Å²) in [5, 5.41) is 30.0. The van der Waals surface area contributed by atoms with Gasteiger partial charge >= 0.3 is 0 Å². The zero-order valence-corrected chi connectivity index (χ0v) is 11.0. The van der Waals surface area contributed by atoms with Gasteiger partial charge in [-0.05, 0) is 13.8 Å². The molecule has 0 aromatic rings. The molecule has 0 radical (unpaired) electrons. The zero-order chi connectivity index (χ0) is 14.9. The first kappa shape index (κ1) is 13.5. The summed E-state index contributed by atoms with van der Waals surface area (Å²) in [6.45, 7) is 10.5. The van der Waals surface area contributed by atoms with Gasteiger partial charge in [-0.3, -0.25) is 5.43 Å². The summed E-state index contributed by atoms with van der Waals surface area (Å²) >= 11 is 0. The summed E-state index contributed by atoms with van der Waals surface area (Å²) in [7, 11) is 0. The van der Waals surface area contributed by atoms with Crippen molar-refractivity contribution in [3.63, 3.8) is 0 Å². The van der Waals surface area contributed by atoms with E-state index in [0.29, 0.717) is 17.4 Å². The Kier molecular flexibility index (Phi) is 3.38. The second-order valence-electron chi connectivity index (χ2n) is 4.08. The molecule has 2 aliphatic heterocycles. The van der Waals surface area contributed by atoms with Crippen LogP contribution in [0.2, 0.25) is 0 Å². The maximum Gasteiger partial charge on any atom is 0.125 e. The third kappa shape index (κ3) is 2.58. The molecule has 0 atom stereocenters. The van der Waals surface area contributed by atoms with E-state index in [2.05, 4.69) is 44.0 Å². The highest BCUT2D eigenvalue weighted by atomic mass is 16.3. The number of hydrogen-bond acceptors (Lipinski definition) is 8.